The summed E-state index contributed by atoms with van der Waals surface area (Å²) in [6, 6.07) is 10.8. The van der Waals surface area contributed by atoms with Crippen LogP contribution in [-0.4, -0.2) is 8.42 Å². The van der Waals surface area contributed by atoms with Gasteiger partial charge < -0.3 is 0 Å². The lowest BCUT2D eigenvalue weighted by molar-refractivity contribution is 0.596. The Labute approximate surface area is 88.6 Å². The van der Waals surface area contributed by atoms with Crippen molar-refractivity contribution in [3.63, 3.8) is 0 Å². The number of sulfonamides is 1. The molecule has 2 rings (SSSR count). The molecule has 0 aromatic heterocycles. The van der Waals surface area contributed by atoms with Crippen LogP contribution >= 0.6 is 0 Å². The van der Waals surface area contributed by atoms with Gasteiger partial charge in [0.05, 0.1) is 4.90 Å². The molecule has 0 heterocycles. The molecule has 15 heavy (non-hydrogen) atoms. The zero-order valence-corrected chi connectivity index (χ0v) is 9.01. The molecule has 0 bridgehead atoms. The van der Waals surface area contributed by atoms with Gasteiger partial charge in [0.25, 0.3) is 10.0 Å². The van der Waals surface area contributed by atoms with Crippen LogP contribution in [0.15, 0.2) is 41.3 Å². The Balaban J connectivity index is 2.99. The second kappa shape index (κ2) is 3.32. The highest BCUT2D eigenvalue weighted by Gasteiger charge is 2.15. The van der Waals surface area contributed by atoms with Gasteiger partial charge in [0.15, 0.2) is 0 Å². The maximum atomic E-state index is 11.3. The first-order valence-corrected chi connectivity index (χ1v) is 5.96. The van der Waals surface area contributed by atoms with Crippen molar-refractivity contribution in [2.24, 2.45) is 0 Å². The van der Waals surface area contributed by atoms with Crippen LogP contribution < -0.4 is 5.14 Å². The van der Waals surface area contributed by atoms with E-state index in [2.05, 4.69) is 0 Å². The topological polar surface area (TPSA) is 57.9 Å². The summed E-state index contributed by atoms with van der Waals surface area (Å²) in [7, 11) is -3.91. The normalized spacial score (nSPS) is 11.9. The predicted molar refractivity (Wildman–Crippen MR) is 59.0 cm³/mol. The summed E-state index contributed by atoms with van der Waals surface area (Å²) in [5.74, 6) is 0. The molecular weight excluding hydrogens is 210 g/mol. The third-order valence-corrected chi connectivity index (χ3v) is 3.42. The molecule has 77 valence electrons. The third kappa shape index (κ3) is 1.73. The Kier molecular flexibility index (Phi) is 2.25. The van der Waals surface area contributed by atoms with E-state index in [1.54, 1.807) is 25.1 Å². The van der Waals surface area contributed by atoms with Gasteiger partial charge in [-0.1, -0.05) is 36.4 Å². The molecule has 2 aromatic rings. The van der Waals surface area contributed by atoms with Crippen molar-refractivity contribution in [3.8, 4) is 0 Å². The van der Waals surface area contributed by atoms with Crippen molar-refractivity contribution >= 4 is 20.8 Å². The summed E-state index contributed by atoms with van der Waals surface area (Å²) < 4.78 is 22.7. The zero-order valence-electron chi connectivity index (χ0n) is 8.19. The van der Waals surface area contributed by atoms with Crippen LogP contribution in [0.2, 0.25) is 0 Å². The maximum absolute atomic E-state index is 11.3. The Bertz CT molecular complexity index is 618. The van der Waals surface area contributed by atoms with Gasteiger partial charge in [-0.2, -0.15) is 0 Å². The second-order valence-corrected chi connectivity index (χ2v) is 4.85. The van der Waals surface area contributed by atoms with E-state index in [0.717, 1.165) is 5.39 Å². The molecule has 3 nitrogen and oxygen atoms in total. The predicted octanol–water partition coefficient (Wildman–Crippen LogP) is 2.12. The summed E-state index contributed by atoms with van der Waals surface area (Å²) in [4.78, 5) is 0.112. The number of hydrogen-bond donors (Lipinski definition) is 0. The first kappa shape index (κ1) is 10.1. The first-order valence-electron chi connectivity index (χ1n) is 4.48. The number of nitrogens with one attached hydrogen (secondary N) is 1. The van der Waals surface area contributed by atoms with Gasteiger partial charge in [0.1, 0.15) is 0 Å². The van der Waals surface area contributed by atoms with Crippen LogP contribution in [0.1, 0.15) is 5.56 Å². The summed E-state index contributed by atoms with van der Waals surface area (Å²) >= 11 is 0. The highest BCUT2D eigenvalue weighted by Crippen LogP contribution is 2.25. The van der Waals surface area contributed by atoms with E-state index in [4.69, 9.17) is 5.14 Å². The lowest BCUT2D eigenvalue weighted by atomic mass is 10.1. The van der Waals surface area contributed by atoms with Crippen LogP contribution in [0, 0.1) is 6.92 Å². The van der Waals surface area contributed by atoms with Crippen molar-refractivity contribution < 1.29 is 8.42 Å². The van der Waals surface area contributed by atoms with E-state index in [1.165, 1.54) is 0 Å². The Morgan fingerprint density at radius 2 is 1.73 bits per heavy atom. The van der Waals surface area contributed by atoms with E-state index in [1.807, 2.05) is 18.2 Å². The standard InChI is InChI=1S/C11H10NO2S/c1-8-6-7-9-4-2-3-5-10(9)11(8)15(12,13)14/h2-7,12H,1H3. The van der Waals surface area contributed by atoms with Crippen LogP contribution in [-0.2, 0) is 10.0 Å². The maximum Gasteiger partial charge on any atom is 0.255 e. The van der Waals surface area contributed by atoms with Gasteiger partial charge >= 0.3 is 0 Å². The monoisotopic (exact) mass is 220 g/mol. The molecule has 2 aromatic carbocycles. The molecule has 0 spiro atoms. The molecule has 1 N–H and O–H groups in total. The molecule has 0 atom stereocenters. The van der Waals surface area contributed by atoms with Crippen LogP contribution in [0.3, 0.4) is 0 Å². The minimum atomic E-state index is -3.91. The highest BCUT2D eigenvalue weighted by molar-refractivity contribution is 7.89. The summed E-state index contributed by atoms with van der Waals surface area (Å²) in [5.41, 5.74) is 0.615. The summed E-state index contributed by atoms with van der Waals surface area (Å²) in [6.45, 7) is 1.70. The molecule has 0 unspecified atom stereocenters. The van der Waals surface area contributed by atoms with Crippen molar-refractivity contribution in [2.45, 2.75) is 11.8 Å². The summed E-state index contributed by atoms with van der Waals surface area (Å²) in [6.07, 6.45) is 0. The Morgan fingerprint density at radius 3 is 2.40 bits per heavy atom. The summed E-state index contributed by atoms with van der Waals surface area (Å²) in [5, 5.41) is 8.63. The zero-order chi connectivity index (χ0) is 11.1. The van der Waals surface area contributed by atoms with Crippen LogP contribution in [0.5, 0.6) is 0 Å². The molecule has 0 aliphatic carbocycles. The Morgan fingerprint density at radius 1 is 1.07 bits per heavy atom. The van der Waals surface area contributed by atoms with E-state index in [0.29, 0.717) is 10.9 Å². The first-order chi connectivity index (χ1) is 7.00. The number of hydrogen-bond acceptors (Lipinski definition) is 2. The molecule has 1 radical (unpaired) electrons. The SMILES string of the molecule is Cc1ccc2ccccc2c1S([NH])(=O)=O. The Hall–Kier alpha value is -1.39. The van der Waals surface area contributed by atoms with Gasteiger partial charge in [0.2, 0.25) is 0 Å². The van der Waals surface area contributed by atoms with Crippen molar-refractivity contribution in [1.29, 1.82) is 0 Å². The molecule has 0 amide bonds. The lowest BCUT2D eigenvalue weighted by Crippen LogP contribution is -2.03. The minimum Gasteiger partial charge on any atom is -0.206 e. The van der Waals surface area contributed by atoms with Crippen molar-refractivity contribution in [2.75, 3.05) is 0 Å². The molecule has 0 saturated carbocycles. The average Bonchev–Trinajstić information content (AvgIpc) is 2.15. The fraction of sp³-hybridized carbons (Fsp3) is 0.0909. The lowest BCUT2D eigenvalue weighted by Gasteiger charge is -2.06. The smallest absolute Gasteiger partial charge is 0.206 e. The minimum absolute atomic E-state index is 0.112. The second-order valence-electron chi connectivity index (χ2n) is 3.44. The fourth-order valence-electron chi connectivity index (χ4n) is 1.71. The van der Waals surface area contributed by atoms with E-state index < -0.39 is 10.0 Å². The van der Waals surface area contributed by atoms with Crippen LogP contribution in [0.4, 0.5) is 0 Å². The van der Waals surface area contributed by atoms with Gasteiger partial charge in [-0.05, 0) is 17.9 Å². The van der Waals surface area contributed by atoms with Gasteiger partial charge in [-0.15, -0.1) is 5.14 Å². The van der Waals surface area contributed by atoms with Gasteiger partial charge in [-0.25, -0.2) is 8.42 Å². The largest absolute Gasteiger partial charge is 0.255 e. The molecule has 0 fully saturated rings. The van der Waals surface area contributed by atoms with Crippen molar-refractivity contribution in [3.05, 3.63) is 42.0 Å². The number of benzene rings is 2. The molecule has 4 heteroatoms. The van der Waals surface area contributed by atoms with E-state index >= 15 is 0 Å². The fourth-order valence-corrected chi connectivity index (χ4v) is 2.68. The quantitative estimate of drug-likeness (QED) is 0.739. The van der Waals surface area contributed by atoms with Gasteiger partial charge in [-0.3, -0.25) is 0 Å². The molecule has 0 aliphatic heterocycles. The van der Waals surface area contributed by atoms with E-state index in [9.17, 15) is 8.42 Å². The molecule has 0 aliphatic rings. The van der Waals surface area contributed by atoms with Crippen molar-refractivity contribution in [1.82, 2.24) is 5.14 Å². The highest BCUT2D eigenvalue weighted by atomic mass is 32.2. The number of rotatable bonds is 1. The van der Waals surface area contributed by atoms with E-state index in [-0.39, 0.29) is 4.90 Å². The molecular formula is C11H10NO2S. The third-order valence-electron chi connectivity index (χ3n) is 2.35. The number of fused-ring (bicyclic) bond motifs is 1. The average molecular weight is 220 g/mol. The van der Waals surface area contributed by atoms with Crippen LogP contribution in [0.25, 0.3) is 10.8 Å². The van der Waals surface area contributed by atoms with Gasteiger partial charge in [0, 0.05) is 5.39 Å². The molecule has 0 saturated heterocycles. The number of aryl methyl sites for hydroxylation is 1.